The summed E-state index contributed by atoms with van der Waals surface area (Å²) in [7, 11) is 0. The molecule has 4 fully saturated rings. The van der Waals surface area contributed by atoms with Gasteiger partial charge >= 0.3 is 5.97 Å². The summed E-state index contributed by atoms with van der Waals surface area (Å²) in [6.07, 6.45) is 7.15. The third-order valence-electron chi connectivity index (χ3n) is 7.73. The predicted molar refractivity (Wildman–Crippen MR) is 107 cm³/mol. The fourth-order valence-corrected chi connectivity index (χ4v) is 5.64. The average Bonchev–Trinajstić information content (AvgIpc) is 3.33. The van der Waals surface area contributed by atoms with Crippen molar-refractivity contribution in [2.45, 2.75) is 68.5 Å². The zero-order chi connectivity index (χ0) is 19.2. The zero-order valence-electron chi connectivity index (χ0n) is 16.6. The quantitative estimate of drug-likeness (QED) is 0.789. The second-order valence-electron chi connectivity index (χ2n) is 9.64. The van der Waals surface area contributed by atoms with Gasteiger partial charge in [-0.2, -0.15) is 0 Å². The normalized spacial score (nSPS) is 33.5. The van der Waals surface area contributed by atoms with Crippen molar-refractivity contribution in [2.75, 3.05) is 26.2 Å². The molecule has 2 heterocycles. The fourth-order valence-electron chi connectivity index (χ4n) is 5.64. The monoisotopic (exact) mass is 384 g/mol. The first-order valence-corrected chi connectivity index (χ1v) is 11.0. The Balaban J connectivity index is 1.10. The maximum atomic E-state index is 11.6. The number of nitrogens with zero attached hydrogens (tertiary/aromatic N) is 1. The summed E-state index contributed by atoms with van der Waals surface area (Å²) >= 11 is 0. The number of carboxylic acids is 1. The first-order chi connectivity index (χ1) is 13.6. The lowest BCUT2D eigenvalue weighted by Gasteiger charge is -2.45. The minimum absolute atomic E-state index is 0.0152. The number of carboxylic acid groups (broad SMARTS) is 1. The molecule has 28 heavy (non-hydrogen) atoms. The Hall–Kier alpha value is -1.43. The third-order valence-corrected chi connectivity index (χ3v) is 7.73. The number of hydrogen-bond donors (Lipinski definition) is 2. The summed E-state index contributed by atoms with van der Waals surface area (Å²) in [6.45, 7) is 3.48. The molecule has 2 aliphatic carbocycles. The molecule has 0 bridgehead atoms. The molecular weight excluding hydrogens is 352 g/mol. The molecular formula is C23H32N2O3. The lowest BCUT2D eigenvalue weighted by atomic mass is 9.68. The number of carbonyl (C=O) groups is 1. The highest BCUT2D eigenvalue weighted by Crippen LogP contribution is 2.45. The molecule has 5 nitrogen and oxygen atoms in total. The summed E-state index contributed by atoms with van der Waals surface area (Å²) in [5.74, 6) is 0.0621. The lowest BCUT2D eigenvalue weighted by Crippen LogP contribution is -2.52. The second-order valence-corrected chi connectivity index (χ2v) is 9.64. The van der Waals surface area contributed by atoms with Gasteiger partial charge in [-0.05, 0) is 44.1 Å². The molecule has 1 spiro atoms. The highest BCUT2D eigenvalue weighted by molar-refractivity contribution is 5.76. The van der Waals surface area contributed by atoms with E-state index in [0.717, 1.165) is 64.8 Å². The van der Waals surface area contributed by atoms with Crippen LogP contribution in [0.15, 0.2) is 30.3 Å². The van der Waals surface area contributed by atoms with Gasteiger partial charge in [0.15, 0.2) is 0 Å². The second kappa shape index (κ2) is 7.12. The van der Waals surface area contributed by atoms with E-state index in [-0.39, 0.29) is 5.60 Å². The fraction of sp³-hybridized carbons (Fsp3) is 0.696. The van der Waals surface area contributed by atoms with Crippen molar-refractivity contribution in [1.29, 1.82) is 0 Å². The number of ether oxygens (including phenoxy) is 1. The summed E-state index contributed by atoms with van der Waals surface area (Å²) < 4.78 is 6.32. The molecule has 1 unspecified atom stereocenters. The van der Waals surface area contributed by atoms with Crippen LogP contribution in [0.5, 0.6) is 0 Å². The van der Waals surface area contributed by atoms with E-state index in [9.17, 15) is 9.90 Å². The number of aliphatic carboxylic acids is 1. The third kappa shape index (κ3) is 3.49. The van der Waals surface area contributed by atoms with Crippen LogP contribution >= 0.6 is 0 Å². The van der Waals surface area contributed by atoms with Crippen LogP contribution in [-0.2, 0) is 9.53 Å². The van der Waals surface area contributed by atoms with Gasteiger partial charge in [-0.25, -0.2) is 0 Å². The van der Waals surface area contributed by atoms with Gasteiger partial charge in [-0.3, -0.25) is 4.79 Å². The minimum atomic E-state index is -0.599. The Morgan fingerprint density at radius 2 is 1.93 bits per heavy atom. The number of rotatable bonds is 6. The van der Waals surface area contributed by atoms with Crippen LogP contribution in [0.25, 0.3) is 0 Å². The molecule has 5 heteroatoms. The van der Waals surface area contributed by atoms with E-state index in [2.05, 4.69) is 40.5 Å². The Morgan fingerprint density at radius 3 is 2.57 bits per heavy atom. The first kappa shape index (κ1) is 18.6. The largest absolute Gasteiger partial charge is 0.481 e. The van der Waals surface area contributed by atoms with Gasteiger partial charge in [-0.15, -0.1) is 0 Å². The van der Waals surface area contributed by atoms with Crippen LogP contribution in [0.2, 0.25) is 0 Å². The SMILES string of the molecule is O=C(O)C1(CN2CCC3(CC2)CC(N[C@@H]2C[C@H]2c2ccccc2)CO3)CCC1. The standard InChI is InChI=1S/C23H32N2O3/c26-21(27)22(7-4-8-22)16-25-11-9-23(10-12-25)14-18(15-28-23)24-20-13-19(20)17-5-2-1-3-6-17/h1-3,5-6,18-20,24H,4,7-16H2,(H,26,27)/t18?,19-,20+/m0/s1. The summed E-state index contributed by atoms with van der Waals surface area (Å²) in [5, 5.41) is 13.4. The molecule has 152 valence electrons. The van der Waals surface area contributed by atoms with Gasteiger partial charge in [0.2, 0.25) is 0 Å². The molecule has 2 saturated carbocycles. The molecule has 2 saturated heterocycles. The molecule has 5 rings (SSSR count). The Labute approximate surface area is 167 Å². The van der Waals surface area contributed by atoms with Gasteiger partial charge in [0.25, 0.3) is 0 Å². The van der Waals surface area contributed by atoms with Crippen LogP contribution in [0.4, 0.5) is 0 Å². The zero-order valence-corrected chi connectivity index (χ0v) is 16.6. The number of nitrogens with one attached hydrogen (secondary N) is 1. The van der Waals surface area contributed by atoms with Crippen molar-refractivity contribution < 1.29 is 14.6 Å². The average molecular weight is 385 g/mol. The van der Waals surface area contributed by atoms with Gasteiger partial charge in [0.05, 0.1) is 17.6 Å². The molecule has 2 N–H and O–H groups in total. The van der Waals surface area contributed by atoms with Crippen molar-refractivity contribution in [3.63, 3.8) is 0 Å². The maximum Gasteiger partial charge on any atom is 0.310 e. The van der Waals surface area contributed by atoms with Crippen LogP contribution in [0, 0.1) is 5.41 Å². The molecule has 1 aromatic carbocycles. The van der Waals surface area contributed by atoms with E-state index in [1.165, 1.54) is 12.0 Å². The molecule has 0 aromatic heterocycles. The highest BCUT2D eigenvalue weighted by atomic mass is 16.5. The molecule has 0 amide bonds. The van der Waals surface area contributed by atoms with Gasteiger partial charge in [0.1, 0.15) is 0 Å². The van der Waals surface area contributed by atoms with Crippen molar-refractivity contribution in [1.82, 2.24) is 10.2 Å². The molecule has 0 radical (unpaired) electrons. The Kier molecular flexibility index (Phi) is 4.73. The minimum Gasteiger partial charge on any atom is -0.481 e. The molecule has 4 aliphatic rings. The van der Waals surface area contributed by atoms with Crippen LogP contribution in [0.1, 0.15) is 56.4 Å². The number of benzene rings is 1. The van der Waals surface area contributed by atoms with E-state index >= 15 is 0 Å². The predicted octanol–water partition coefficient (Wildman–Crippen LogP) is 3.01. The number of hydrogen-bond acceptors (Lipinski definition) is 4. The summed E-state index contributed by atoms with van der Waals surface area (Å²) in [4.78, 5) is 14.0. The van der Waals surface area contributed by atoms with E-state index in [4.69, 9.17) is 4.74 Å². The highest BCUT2D eigenvalue weighted by Gasteiger charge is 2.49. The van der Waals surface area contributed by atoms with Gasteiger partial charge < -0.3 is 20.1 Å². The molecule has 1 aromatic rings. The van der Waals surface area contributed by atoms with Gasteiger partial charge in [0, 0.05) is 37.6 Å². The van der Waals surface area contributed by atoms with E-state index in [1.54, 1.807) is 0 Å². The van der Waals surface area contributed by atoms with Gasteiger partial charge in [-0.1, -0.05) is 36.8 Å². The molecule has 2 aliphatic heterocycles. The van der Waals surface area contributed by atoms with Crippen LogP contribution in [0.3, 0.4) is 0 Å². The maximum absolute atomic E-state index is 11.6. The van der Waals surface area contributed by atoms with Crippen molar-refractivity contribution in [3.8, 4) is 0 Å². The van der Waals surface area contributed by atoms with E-state index in [1.807, 2.05) is 0 Å². The molecule has 3 atom stereocenters. The Bertz CT molecular complexity index is 710. The summed E-state index contributed by atoms with van der Waals surface area (Å²) in [5.41, 5.74) is 0.996. The van der Waals surface area contributed by atoms with Crippen LogP contribution < -0.4 is 5.32 Å². The lowest BCUT2D eigenvalue weighted by molar-refractivity contribution is -0.157. The van der Waals surface area contributed by atoms with Crippen molar-refractivity contribution >= 4 is 5.97 Å². The van der Waals surface area contributed by atoms with Crippen molar-refractivity contribution in [2.24, 2.45) is 5.41 Å². The smallest absolute Gasteiger partial charge is 0.310 e. The van der Waals surface area contributed by atoms with E-state index < -0.39 is 11.4 Å². The number of likely N-dealkylation sites (tertiary alicyclic amines) is 1. The summed E-state index contributed by atoms with van der Waals surface area (Å²) in [6, 6.07) is 11.9. The van der Waals surface area contributed by atoms with Crippen molar-refractivity contribution in [3.05, 3.63) is 35.9 Å². The topological polar surface area (TPSA) is 61.8 Å². The van der Waals surface area contributed by atoms with E-state index in [0.29, 0.717) is 18.0 Å². The Morgan fingerprint density at radius 1 is 1.18 bits per heavy atom. The first-order valence-electron chi connectivity index (χ1n) is 11.0. The number of piperidine rings is 1. The van der Waals surface area contributed by atoms with Crippen LogP contribution in [-0.4, -0.2) is 59.9 Å².